The van der Waals surface area contributed by atoms with Crippen molar-refractivity contribution in [2.75, 3.05) is 0 Å². The Balaban J connectivity index is 0.000000332. The molecule has 0 aliphatic carbocycles. The van der Waals surface area contributed by atoms with Crippen molar-refractivity contribution in [2.24, 2.45) is 0 Å². The number of aryl methyl sites for hydroxylation is 1. The molecule has 0 saturated carbocycles. The van der Waals surface area contributed by atoms with E-state index in [0.29, 0.717) is 0 Å². The summed E-state index contributed by atoms with van der Waals surface area (Å²) < 4.78 is 0. The second kappa shape index (κ2) is 25.6. The van der Waals surface area contributed by atoms with Gasteiger partial charge < -0.3 is 0 Å². The van der Waals surface area contributed by atoms with E-state index in [0.717, 1.165) is 0 Å². The molecule has 424 valence electrons. The first-order valence-electron chi connectivity index (χ1n) is 29.1. The maximum atomic E-state index is 2.33. The Morgan fingerprint density at radius 1 is 0.182 bits per heavy atom. The van der Waals surface area contributed by atoms with Gasteiger partial charge in [0.25, 0.3) is 0 Å². The van der Waals surface area contributed by atoms with E-state index in [2.05, 4.69) is 354 Å². The molecule has 0 bridgehead atoms. The fourth-order valence-corrected chi connectivity index (χ4v) is 9.01. The summed E-state index contributed by atoms with van der Waals surface area (Å²) in [5, 5.41) is 0. The molecular weight excluding hydrogens is 925 g/mol. The molecule has 0 saturated heterocycles. The van der Waals surface area contributed by atoms with Gasteiger partial charge in [0, 0.05) is 0 Å². The Kier molecular flexibility index (Phi) is 22.8. The third-order valence-electron chi connectivity index (χ3n) is 14.5. The standard InChI is InChI=1S/C20H26.C15H24.3C14H22/c1-19(2,3)17-11-7-15(8-12-17)16-9-13-18(14-10-16)20(4,5)6;1-11-10-12(14(2,3)4)8-9-13(11)15(5,6)7;1-13(2,3)11-7-9-12(10-8-11)14(4,5)6;1-13(2,3)11-8-7-9-12(10-11)14(4,5)6;1-13(2,3)11-9-7-8-10-12(11)14(4,5)6/h7-14H,1-6H3;8-10H,1-7H3;3*7-10H,1-6H3. The summed E-state index contributed by atoms with van der Waals surface area (Å²) in [7, 11) is 0. The lowest BCUT2D eigenvalue weighted by Crippen LogP contribution is -2.21. The van der Waals surface area contributed by atoms with Crippen LogP contribution in [-0.2, 0) is 54.1 Å². The number of hydrogen-bond acceptors (Lipinski definition) is 0. The second-order valence-electron chi connectivity index (χ2n) is 32.4. The smallest absolute Gasteiger partial charge is 0.0129 e. The van der Waals surface area contributed by atoms with Crippen LogP contribution in [0.4, 0.5) is 0 Å². The lowest BCUT2D eigenvalue weighted by Gasteiger charge is -2.29. The quantitative estimate of drug-likeness (QED) is 0.154. The van der Waals surface area contributed by atoms with Gasteiger partial charge in [-0.1, -0.05) is 347 Å². The van der Waals surface area contributed by atoms with Gasteiger partial charge in [0.05, 0.1) is 0 Å². The van der Waals surface area contributed by atoms with E-state index in [1.807, 2.05) is 0 Å². The van der Waals surface area contributed by atoms with Gasteiger partial charge in [0.2, 0.25) is 0 Å². The zero-order valence-electron chi connectivity index (χ0n) is 55.8. The zero-order chi connectivity index (χ0) is 59.8. The van der Waals surface area contributed by atoms with Gasteiger partial charge in [-0.2, -0.15) is 0 Å². The Bertz CT molecular complexity index is 2540. The number of rotatable bonds is 1. The third kappa shape index (κ3) is 22.5. The van der Waals surface area contributed by atoms with Crippen LogP contribution in [-0.4, -0.2) is 0 Å². The Labute approximate surface area is 478 Å². The van der Waals surface area contributed by atoms with Crippen LogP contribution in [0, 0.1) is 6.92 Å². The fourth-order valence-electron chi connectivity index (χ4n) is 9.01. The number of hydrogen-bond donors (Lipinski definition) is 0. The van der Waals surface area contributed by atoms with Crippen LogP contribution in [0.2, 0.25) is 0 Å². The molecule has 0 heterocycles. The van der Waals surface area contributed by atoms with E-state index < -0.39 is 0 Å². The normalized spacial score (nSPS) is 12.9. The highest BCUT2D eigenvalue weighted by Gasteiger charge is 2.25. The van der Waals surface area contributed by atoms with Crippen molar-refractivity contribution in [3.63, 3.8) is 0 Å². The Hall–Kier alpha value is -4.68. The molecule has 0 nitrogen and oxygen atoms in total. The molecule has 6 aromatic rings. The molecule has 77 heavy (non-hydrogen) atoms. The highest BCUT2D eigenvalue weighted by molar-refractivity contribution is 5.64. The van der Waals surface area contributed by atoms with Crippen LogP contribution in [0.15, 0.2) is 140 Å². The van der Waals surface area contributed by atoms with Crippen molar-refractivity contribution in [1.29, 1.82) is 0 Å². The topological polar surface area (TPSA) is 0 Å². The largest absolute Gasteiger partial charge is 0.0620 e. The van der Waals surface area contributed by atoms with Crippen LogP contribution in [0.1, 0.15) is 269 Å². The van der Waals surface area contributed by atoms with E-state index in [9.17, 15) is 0 Å². The summed E-state index contributed by atoms with van der Waals surface area (Å²) in [6.07, 6.45) is 0. The lowest BCUT2D eigenvalue weighted by atomic mass is 9.75. The van der Waals surface area contributed by atoms with Crippen LogP contribution >= 0.6 is 0 Å². The first kappa shape index (κ1) is 68.4. The highest BCUT2D eigenvalue weighted by atomic mass is 14.3. The first-order valence-corrected chi connectivity index (χ1v) is 29.1. The Morgan fingerprint density at radius 3 is 0.623 bits per heavy atom. The van der Waals surface area contributed by atoms with Gasteiger partial charge in [-0.25, -0.2) is 0 Å². The summed E-state index contributed by atoms with van der Waals surface area (Å²) in [4.78, 5) is 0. The van der Waals surface area contributed by atoms with Crippen LogP contribution in [0.5, 0.6) is 0 Å². The molecule has 0 unspecified atom stereocenters. The first-order chi connectivity index (χ1) is 34.4. The summed E-state index contributed by atoms with van der Waals surface area (Å²) >= 11 is 0. The van der Waals surface area contributed by atoms with Gasteiger partial charge in [0.15, 0.2) is 0 Å². The molecule has 0 aliphatic rings. The van der Waals surface area contributed by atoms with Crippen molar-refractivity contribution >= 4 is 0 Å². The van der Waals surface area contributed by atoms with E-state index in [4.69, 9.17) is 0 Å². The molecule has 0 heteroatoms. The van der Waals surface area contributed by atoms with Gasteiger partial charge >= 0.3 is 0 Å². The van der Waals surface area contributed by atoms with Crippen molar-refractivity contribution in [3.05, 3.63) is 201 Å². The predicted octanol–water partition coefficient (Wildman–Crippen LogP) is 23.4. The minimum atomic E-state index is 0.217. The average molecular weight is 1040 g/mol. The number of benzene rings is 6. The molecule has 0 amide bonds. The molecule has 0 atom stereocenters. The highest BCUT2D eigenvalue weighted by Crippen LogP contribution is 2.35. The molecule has 0 aliphatic heterocycles. The van der Waals surface area contributed by atoms with E-state index in [-0.39, 0.29) is 54.1 Å². The summed E-state index contributed by atoms with van der Waals surface area (Å²) in [6.45, 7) is 70.0. The molecule has 0 radical (unpaired) electrons. The van der Waals surface area contributed by atoms with Gasteiger partial charge in [-0.05, 0) is 133 Å². The van der Waals surface area contributed by atoms with Gasteiger partial charge in [-0.15, -0.1) is 0 Å². The SMILES string of the molecule is CC(C)(C)c1ccc(-c2ccc(C(C)(C)C)cc2)cc1.CC(C)(C)c1ccc(C(C)(C)C)cc1.CC(C)(C)c1cccc(C(C)(C)C)c1.CC(C)(C)c1ccccc1C(C)(C)C.Cc1cc(C(C)(C)C)ccc1C(C)(C)C. The summed E-state index contributed by atoms with van der Waals surface area (Å²) in [5.74, 6) is 0. The van der Waals surface area contributed by atoms with Crippen molar-refractivity contribution in [3.8, 4) is 11.1 Å². The fraction of sp³-hybridized carbons (Fsp3) is 0.532. The molecule has 6 rings (SSSR count). The minimum absolute atomic E-state index is 0.217. The van der Waals surface area contributed by atoms with Crippen molar-refractivity contribution in [2.45, 2.75) is 269 Å². The van der Waals surface area contributed by atoms with Crippen molar-refractivity contribution in [1.82, 2.24) is 0 Å². The van der Waals surface area contributed by atoms with E-state index in [1.54, 1.807) is 0 Å². The monoisotopic (exact) mass is 1040 g/mol. The molecule has 0 N–H and O–H groups in total. The molecule has 0 fully saturated rings. The van der Waals surface area contributed by atoms with E-state index >= 15 is 0 Å². The maximum Gasteiger partial charge on any atom is -0.0129 e. The van der Waals surface area contributed by atoms with Crippen molar-refractivity contribution < 1.29 is 0 Å². The van der Waals surface area contributed by atoms with Gasteiger partial charge in [0.1, 0.15) is 0 Å². The summed E-state index contributed by atoms with van der Waals surface area (Å²) in [5.41, 5.74) is 20.7. The third-order valence-corrected chi connectivity index (χ3v) is 14.5. The molecular formula is C77H116. The summed E-state index contributed by atoms with van der Waals surface area (Å²) in [6, 6.07) is 51.5. The second-order valence-corrected chi connectivity index (χ2v) is 32.4. The molecule has 0 spiro atoms. The molecule has 6 aromatic carbocycles. The Morgan fingerprint density at radius 2 is 0.403 bits per heavy atom. The van der Waals surface area contributed by atoms with Crippen LogP contribution in [0.3, 0.4) is 0 Å². The predicted molar refractivity (Wildman–Crippen MR) is 349 cm³/mol. The van der Waals surface area contributed by atoms with E-state index in [1.165, 1.54) is 72.3 Å². The van der Waals surface area contributed by atoms with Gasteiger partial charge in [-0.3, -0.25) is 0 Å². The lowest BCUT2D eigenvalue weighted by molar-refractivity contribution is 0.530. The van der Waals surface area contributed by atoms with Crippen LogP contribution < -0.4 is 0 Å². The minimum Gasteiger partial charge on any atom is -0.0620 e. The zero-order valence-corrected chi connectivity index (χ0v) is 55.8. The molecule has 0 aromatic heterocycles. The van der Waals surface area contributed by atoms with Crippen LogP contribution in [0.25, 0.3) is 11.1 Å². The average Bonchev–Trinajstić information content (AvgIpc) is 3.27. The maximum absolute atomic E-state index is 2.33.